The fraction of sp³-hybridized carbons (Fsp3) is 0.556. The average Bonchev–Trinajstić information content (AvgIpc) is 2.58. The van der Waals surface area contributed by atoms with Gasteiger partial charge in [0, 0.05) is 38.2 Å². The number of aryl methyl sites for hydroxylation is 1. The van der Waals surface area contributed by atoms with Crippen LogP contribution in [-0.4, -0.2) is 38.6 Å². The van der Waals surface area contributed by atoms with Gasteiger partial charge in [-0.05, 0) is 31.9 Å². The van der Waals surface area contributed by atoms with Crippen LogP contribution in [0.2, 0.25) is 0 Å². The molecule has 0 bridgehead atoms. The van der Waals surface area contributed by atoms with Gasteiger partial charge in [-0.1, -0.05) is 19.1 Å². The third-order valence-electron chi connectivity index (χ3n) is 3.78. The standard InChI is InChI=1S/C18H30N4O2.HI/c1-6-14(3)22-17(23)9-10-20-18(19-4)21-12-15-8-7-13(2)11-16(15)24-5;/h7-8,11,14H,6,9-10,12H2,1-5H3,(H,22,23)(H2,19,20,21);1H. The van der Waals surface area contributed by atoms with Crippen molar-refractivity contribution in [2.45, 2.75) is 46.2 Å². The molecule has 0 aliphatic heterocycles. The number of amides is 1. The Morgan fingerprint density at radius 2 is 2.04 bits per heavy atom. The first kappa shape index (κ1) is 23.5. The number of ether oxygens (including phenoxy) is 1. The molecule has 1 aromatic rings. The lowest BCUT2D eigenvalue weighted by atomic mass is 10.1. The van der Waals surface area contributed by atoms with E-state index in [0.717, 1.165) is 23.3 Å². The Labute approximate surface area is 168 Å². The summed E-state index contributed by atoms with van der Waals surface area (Å²) in [5.41, 5.74) is 2.21. The normalized spacial score (nSPS) is 12.0. The third-order valence-corrected chi connectivity index (χ3v) is 3.78. The molecule has 142 valence electrons. The van der Waals surface area contributed by atoms with Crippen LogP contribution < -0.4 is 20.7 Å². The van der Waals surface area contributed by atoms with Gasteiger partial charge >= 0.3 is 0 Å². The van der Waals surface area contributed by atoms with Gasteiger partial charge in [0.15, 0.2) is 5.96 Å². The van der Waals surface area contributed by atoms with Gasteiger partial charge in [-0.3, -0.25) is 9.79 Å². The summed E-state index contributed by atoms with van der Waals surface area (Å²) in [6.07, 6.45) is 1.35. The lowest BCUT2D eigenvalue weighted by molar-refractivity contribution is -0.121. The van der Waals surface area contributed by atoms with Gasteiger partial charge in [0.25, 0.3) is 0 Å². The third kappa shape index (κ3) is 8.94. The average molecular weight is 462 g/mol. The van der Waals surface area contributed by atoms with Crippen molar-refractivity contribution >= 4 is 35.8 Å². The van der Waals surface area contributed by atoms with Crippen LogP contribution in [-0.2, 0) is 11.3 Å². The summed E-state index contributed by atoms with van der Waals surface area (Å²) in [5, 5.41) is 9.32. The minimum Gasteiger partial charge on any atom is -0.496 e. The second-order valence-corrected chi connectivity index (χ2v) is 5.79. The number of nitrogens with zero attached hydrogens (tertiary/aromatic N) is 1. The molecule has 1 amide bonds. The molecule has 1 rings (SSSR count). The summed E-state index contributed by atoms with van der Waals surface area (Å²) in [6, 6.07) is 6.30. The molecule has 1 unspecified atom stereocenters. The van der Waals surface area contributed by atoms with Crippen molar-refractivity contribution in [1.82, 2.24) is 16.0 Å². The van der Waals surface area contributed by atoms with Crippen LogP contribution in [0.15, 0.2) is 23.2 Å². The smallest absolute Gasteiger partial charge is 0.221 e. The fourth-order valence-electron chi connectivity index (χ4n) is 2.14. The lowest BCUT2D eigenvalue weighted by Crippen LogP contribution is -2.40. The predicted molar refractivity (Wildman–Crippen MR) is 114 cm³/mol. The number of halogens is 1. The SMILES string of the molecule is CCC(C)NC(=O)CCNC(=NC)NCc1ccc(C)cc1OC.I. The molecule has 0 aliphatic carbocycles. The zero-order valence-corrected chi connectivity index (χ0v) is 18.1. The first-order valence-electron chi connectivity index (χ1n) is 8.37. The Morgan fingerprint density at radius 1 is 1.32 bits per heavy atom. The van der Waals surface area contributed by atoms with E-state index in [0.29, 0.717) is 25.5 Å². The molecule has 25 heavy (non-hydrogen) atoms. The van der Waals surface area contributed by atoms with E-state index in [-0.39, 0.29) is 35.9 Å². The van der Waals surface area contributed by atoms with E-state index in [2.05, 4.69) is 27.0 Å². The zero-order chi connectivity index (χ0) is 17.9. The maximum atomic E-state index is 11.7. The molecular weight excluding hydrogens is 431 g/mol. The number of nitrogens with one attached hydrogen (secondary N) is 3. The van der Waals surface area contributed by atoms with Gasteiger partial charge in [-0.25, -0.2) is 0 Å². The minimum atomic E-state index is 0. The van der Waals surface area contributed by atoms with Crippen molar-refractivity contribution in [3.05, 3.63) is 29.3 Å². The highest BCUT2D eigenvalue weighted by atomic mass is 127. The molecule has 0 saturated carbocycles. The van der Waals surface area contributed by atoms with Crippen molar-refractivity contribution in [3.8, 4) is 5.75 Å². The predicted octanol–water partition coefficient (Wildman–Crippen LogP) is 2.59. The number of carbonyl (C=O) groups is 1. The molecule has 0 heterocycles. The first-order chi connectivity index (χ1) is 11.5. The summed E-state index contributed by atoms with van der Waals surface area (Å²) in [5.74, 6) is 1.56. The molecule has 0 aliphatic rings. The Bertz CT molecular complexity index is 564. The van der Waals surface area contributed by atoms with Crippen LogP contribution in [0.25, 0.3) is 0 Å². The molecule has 1 atom stereocenters. The number of benzene rings is 1. The van der Waals surface area contributed by atoms with Crippen molar-refractivity contribution < 1.29 is 9.53 Å². The maximum Gasteiger partial charge on any atom is 0.221 e. The van der Waals surface area contributed by atoms with Crippen LogP contribution in [0.3, 0.4) is 0 Å². The highest BCUT2D eigenvalue weighted by Gasteiger charge is 2.07. The highest BCUT2D eigenvalue weighted by molar-refractivity contribution is 14.0. The number of rotatable bonds is 8. The fourth-order valence-corrected chi connectivity index (χ4v) is 2.14. The molecule has 0 fully saturated rings. The number of methoxy groups -OCH3 is 1. The first-order valence-corrected chi connectivity index (χ1v) is 8.37. The summed E-state index contributed by atoms with van der Waals surface area (Å²) in [4.78, 5) is 15.9. The molecule has 0 spiro atoms. The van der Waals surface area contributed by atoms with Crippen LogP contribution in [0.5, 0.6) is 5.75 Å². The number of hydrogen-bond acceptors (Lipinski definition) is 3. The van der Waals surface area contributed by atoms with Crippen molar-refractivity contribution in [3.63, 3.8) is 0 Å². The molecule has 0 aromatic heterocycles. The largest absolute Gasteiger partial charge is 0.496 e. The second kappa shape index (κ2) is 12.8. The Morgan fingerprint density at radius 3 is 2.64 bits per heavy atom. The number of carbonyl (C=O) groups excluding carboxylic acids is 1. The molecule has 0 radical (unpaired) electrons. The molecular formula is C18H31IN4O2. The van der Waals surface area contributed by atoms with E-state index < -0.39 is 0 Å². The van der Waals surface area contributed by atoms with Gasteiger partial charge in [-0.15, -0.1) is 24.0 Å². The van der Waals surface area contributed by atoms with E-state index in [4.69, 9.17) is 4.74 Å². The minimum absolute atomic E-state index is 0. The van der Waals surface area contributed by atoms with Gasteiger partial charge < -0.3 is 20.7 Å². The highest BCUT2D eigenvalue weighted by Crippen LogP contribution is 2.19. The van der Waals surface area contributed by atoms with Crippen LogP contribution in [0, 0.1) is 6.92 Å². The van der Waals surface area contributed by atoms with Gasteiger partial charge in [0.2, 0.25) is 5.91 Å². The van der Waals surface area contributed by atoms with E-state index in [1.807, 2.05) is 32.9 Å². The summed E-state index contributed by atoms with van der Waals surface area (Å²) < 4.78 is 5.40. The second-order valence-electron chi connectivity index (χ2n) is 5.79. The zero-order valence-electron chi connectivity index (χ0n) is 15.8. The summed E-state index contributed by atoms with van der Waals surface area (Å²) in [6.45, 7) is 7.22. The topological polar surface area (TPSA) is 74.8 Å². The van der Waals surface area contributed by atoms with Gasteiger partial charge in [-0.2, -0.15) is 0 Å². The van der Waals surface area contributed by atoms with E-state index in [1.165, 1.54) is 0 Å². The lowest BCUT2D eigenvalue weighted by Gasteiger charge is -2.15. The van der Waals surface area contributed by atoms with Crippen LogP contribution >= 0.6 is 24.0 Å². The van der Waals surface area contributed by atoms with Crippen molar-refractivity contribution in [2.24, 2.45) is 4.99 Å². The molecule has 1 aromatic carbocycles. The van der Waals surface area contributed by atoms with Crippen molar-refractivity contribution in [1.29, 1.82) is 0 Å². The number of guanidine groups is 1. The quantitative estimate of drug-likeness (QED) is 0.316. The maximum absolute atomic E-state index is 11.7. The van der Waals surface area contributed by atoms with Gasteiger partial charge in [0.1, 0.15) is 5.75 Å². The Hall–Kier alpha value is -1.51. The van der Waals surface area contributed by atoms with Crippen LogP contribution in [0.4, 0.5) is 0 Å². The Balaban J connectivity index is 0.00000576. The Kier molecular flexibility index (Phi) is 12.0. The molecule has 6 nitrogen and oxygen atoms in total. The van der Waals surface area contributed by atoms with E-state index >= 15 is 0 Å². The number of hydrogen-bond donors (Lipinski definition) is 3. The van der Waals surface area contributed by atoms with Crippen molar-refractivity contribution in [2.75, 3.05) is 20.7 Å². The molecule has 3 N–H and O–H groups in total. The monoisotopic (exact) mass is 462 g/mol. The van der Waals surface area contributed by atoms with Gasteiger partial charge in [0.05, 0.1) is 7.11 Å². The molecule has 7 heteroatoms. The summed E-state index contributed by atoms with van der Waals surface area (Å²) in [7, 11) is 3.38. The van der Waals surface area contributed by atoms with Crippen LogP contribution in [0.1, 0.15) is 37.8 Å². The van der Waals surface area contributed by atoms with E-state index in [1.54, 1.807) is 14.2 Å². The molecule has 0 saturated heterocycles. The van der Waals surface area contributed by atoms with E-state index in [9.17, 15) is 4.79 Å². The summed E-state index contributed by atoms with van der Waals surface area (Å²) >= 11 is 0. The number of aliphatic imine (C=N–C) groups is 1.